The molecule has 0 aromatic heterocycles. The lowest BCUT2D eigenvalue weighted by atomic mass is 9.62. The predicted molar refractivity (Wildman–Crippen MR) is 94.6 cm³/mol. The highest BCUT2D eigenvalue weighted by atomic mass is 16.7. The van der Waals surface area contributed by atoms with Crippen LogP contribution in [0.15, 0.2) is 48.5 Å². The second-order valence-corrected chi connectivity index (χ2v) is 6.36. The normalized spacial score (nSPS) is 21.2. The summed E-state index contributed by atoms with van der Waals surface area (Å²) in [7, 11) is 0. The Morgan fingerprint density at radius 3 is 2.69 bits per heavy atom. The topological polar surface area (TPSA) is 105 Å². The number of rotatable bonds is 5. The summed E-state index contributed by atoms with van der Waals surface area (Å²) in [6, 6.07) is 13.3. The average Bonchev–Trinajstić information content (AvgIpc) is 2.73. The first-order valence-electron chi connectivity index (χ1n) is 8.28. The van der Waals surface area contributed by atoms with Gasteiger partial charge in [0.05, 0.1) is 4.92 Å². The van der Waals surface area contributed by atoms with E-state index < -0.39 is 21.8 Å². The van der Waals surface area contributed by atoms with Gasteiger partial charge in [0.2, 0.25) is 5.91 Å². The van der Waals surface area contributed by atoms with Crippen molar-refractivity contribution >= 4 is 11.6 Å². The van der Waals surface area contributed by atoms with E-state index in [-0.39, 0.29) is 24.5 Å². The van der Waals surface area contributed by atoms with Crippen LogP contribution in [0.5, 0.6) is 5.75 Å². The van der Waals surface area contributed by atoms with Gasteiger partial charge in [0, 0.05) is 11.6 Å². The summed E-state index contributed by atoms with van der Waals surface area (Å²) in [5.41, 5.74) is 3.91. The van der Waals surface area contributed by atoms with E-state index in [1.54, 1.807) is 56.3 Å². The molecule has 0 saturated heterocycles. The summed E-state index contributed by atoms with van der Waals surface area (Å²) in [6.07, 6.45) is 0.216. The number of para-hydroxylation sites is 1. The molecule has 0 fully saturated rings. The number of fused-ring (bicyclic) bond motifs is 2. The number of benzene rings is 2. The monoisotopic (exact) mass is 356 g/mol. The average molecular weight is 356 g/mol. The van der Waals surface area contributed by atoms with Gasteiger partial charge in [-0.2, -0.15) is 0 Å². The highest BCUT2D eigenvalue weighted by Gasteiger charge is 2.58. The Kier molecular flexibility index (Phi) is 4.41. The first-order valence-corrected chi connectivity index (χ1v) is 8.28. The van der Waals surface area contributed by atoms with Gasteiger partial charge in [-0.3, -0.25) is 14.9 Å². The van der Waals surface area contributed by atoms with Crippen molar-refractivity contribution in [2.24, 2.45) is 5.73 Å². The summed E-state index contributed by atoms with van der Waals surface area (Å²) >= 11 is 0. The Morgan fingerprint density at radius 2 is 2.04 bits per heavy atom. The van der Waals surface area contributed by atoms with Crippen LogP contribution in [0, 0.1) is 10.1 Å². The lowest BCUT2D eigenvalue weighted by molar-refractivity contribution is -0.386. The first-order chi connectivity index (χ1) is 12.4. The van der Waals surface area contributed by atoms with Gasteiger partial charge in [-0.15, -0.1) is 0 Å². The van der Waals surface area contributed by atoms with E-state index in [2.05, 4.69) is 0 Å². The van der Waals surface area contributed by atoms with Gasteiger partial charge in [0.25, 0.3) is 5.69 Å². The van der Waals surface area contributed by atoms with E-state index in [0.717, 1.165) is 0 Å². The van der Waals surface area contributed by atoms with Crippen LogP contribution in [-0.2, 0) is 20.5 Å². The van der Waals surface area contributed by atoms with Crippen LogP contribution in [0.1, 0.15) is 31.4 Å². The van der Waals surface area contributed by atoms with Gasteiger partial charge in [-0.1, -0.05) is 37.3 Å². The lowest BCUT2D eigenvalue weighted by Gasteiger charge is -2.45. The van der Waals surface area contributed by atoms with Crippen LogP contribution in [0.2, 0.25) is 0 Å². The molecule has 2 unspecified atom stereocenters. The van der Waals surface area contributed by atoms with E-state index in [0.29, 0.717) is 11.3 Å². The van der Waals surface area contributed by atoms with E-state index in [4.69, 9.17) is 15.2 Å². The minimum Gasteiger partial charge on any atom is -0.468 e. The minimum absolute atomic E-state index is 0.0975. The number of hydrogen-bond acceptors (Lipinski definition) is 5. The third-order valence-electron chi connectivity index (χ3n) is 5.28. The number of ether oxygens (including phenoxy) is 2. The van der Waals surface area contributed by atoms with Gasteiger partial charge in [0.1, 0.15) is 16.8 Å². The van der Waals surface area contributed by atoms with Gasteiger partial charge < -0.3 is 15.2 Å². The number of nitro benzene ring substituents is 1. The van der Waals surface area contributed by atoms with Crippen LogP contribution in [0.4, 0.5) is 5.69 Å². The molecule has 136 valence electrons. The first kappa shape index (κ1) is 17.9. The largest absolute Gasteiger partial charge is 0.468 e. The van der Waals surface area contributed by atoms with Crippen molar-refractivity contribution < 1.29 is 19.2 Å². The summed E-state index contributed by atoms with van der Waals surface area (Å²) < 4.78 is 11.5. The molecular formula is C19H20N2O5. The molecule has 2 aromatic carbocycles. The summed E-state index contributed by atoms with van der Waals surface area (Å²) in [6.45, 7) is 3.40. The van der Waals surface area contributed by atoms with Crippen molar-refractivity contribution in [2.45, 2.75) is 31.3 Å². The molecule has 3 rings (SSSR count). The van der Waals surface area contributed by atoms with Crippen LogP contribution in [-0.4, -0.2) is 17.6 Å². The second kappa shape index (κ2) is 6.42. The Bertz CT molecular complexity index is 869. The van der Waals surface area contributed by atoms with Crippen molar-refractivity contribution in [3.05, 3.63) is 69.8 Å². The number of primary amides is 1. The highest BCUT2D eigenvalue weighted by Crippen LogP contribution is 2.51. The van der Waals surface area contributed by atoms with E-state index >= 15 is 0 Å². The smallest absolute Gasteiger partial charge is 0.273 e. The number of hydrogen-bond donors (Lipinski definition) is 1. The van der Waals surface area contributed by atoms with Crippen LogP contribution >= 0.6 is 0 Å². The second-order valence-electron chi connectivity index (χ2n) is 6.36. The standard InChI is InChI=1S/C19H20N2O5/c1-3-19(17(20)22,15-9-4-5-10-16(15)21(23)24)18(2)13-7-6-8-14(11-13)25-12-26-18/h4-11H,3,12H2,1-2H3,(H2,20,22). The summed E-state index contributed by atoms with van der Waals surface area (Å²) in [5, 5.41) is 11.6. The number of amides is 1. The van der Waals surface area contributed by atoms with Crippen molar-refractivity contribution in [3.63, 3.8) is 0 Å². The Balaban J connectivity index is 2.35. The fraction of sp³-hybridized carbons (Fsp3) is 0.316. The molecule has 1 amide bonds. The van der Waals surface area contributed by atoms with Crippen molar-refractivity contribution in [1.29, 1.82) is 0 Å². The molecule has 2 N–H and O–H groups in total. The third-order valence-corrected chi connectivity index (χ3v) is 5.28. The van der Waals surface area contributed by atoms with E-state index in [9.17, 15) is 14.9 Å². The lowest BCUT2D eigenvalue weighted by Crippen LogP contribution is -2.57. The number of nitro groups is 1. The van der Waals surface area contributed by atoms with Crippen molar-refractivity contribution in [2.75, 3.05) is 6.79 Å². The number of carbonyl (C=O) groups excluding carboxylic acids is 1. The summed E-state index contributed by atoms with van der Waals surface area (Å²) in [4.78, 5) is 23.9. The number of nitrogens with zero attached hydrogens (tertiary/aromatic N) is 1. The van der Waals surface area contributed by atoms with Crippen LogP contribution < -0.4 is 10.5 Å². The Hall–Kier alpha value is -2.93. The van der Waals surface area contributed by atoms with Gasteiger partial charge in [0.15, 0.2) is 6.79 Å². The molecule has 1 heterocycles. The van der Waals surface area contributed by atoms with Gasteiger partial charge in [-0.05, 0) is 31.0 Å². The maximum atomic E-state index is 12.8. The molecule has 0 spiro atoms. The molecule has 2 atom stereocenters. The van der Waals surface area contributed by atoms with Crippen molar-refractivity contribution in [1.82, 2.24) is 0 Å². The molecule has 7 heteroatoms. The van der Waals surface area contributed by atoms with Crippen molar-refractivity contribution in [3.8, 4) is 5.75 Å². The molecule has 1 aliphatic rings. The quantitative estimate of drug-likeness (QED) is 0.655. The Morgan fingerprint density at radius 1 is 1.31 bits per heavy atom. The SMILES string of the molecule is CCC(C(N)=O)(c1ccccc1[N+](=O)[O-])C1(C)OCOc2cccc1c2. The Labute approximate surface area is 150 Å². The predicted octanol–water partition coefficient (Wildman–Crippen LogP) is 3.01. The van der Waals surface area contributed by atoms with E-state index in [1.165, 1.54) is 6.07 Å². The molecule has 1 aliphatic heterocycles. The molecule has 2 aromatic rings. The molecule has 26 heavy (non-hydrogen) atoms. The third kappa shape index (κ3) is 2.43. The fourth-order valence-corrected chi connectivity index (χ4v) is 3.87. The number of carbonyl (C=O) groups is 1. The van der Waals surface area contributed by atoms with Gasteiger partial charge in [-0.25, -0.2) is 0 Å². The summed E-state index contributed by atoms with van der Waals surface area (Å²) in [5.74, 6) is -0.0904. The zero-order valence-electron chi connectivity index (χ0n) is 14.6. The van der Waals surface area contributed by atoms with Crippen LogP contribution in [0.25, 0.3) is 0 Å². The number of nitrogens with two attached hydrogens (primary N) is 1. The molecule has 0 aliphatic carbocycles. The zero-order valence-corrected chi connectivity index (χ0v) is 14.6. The molecule has 2 bridgehead atoms. The van der Waals surface area contributed by atoms with E-state index in [1.807, 2.05) is 0 Å². The highest BCUT2D eigenvalue weighted by molar-refractivity contribution is 5.90. The zero-order chi connectivity index (χ0) is 18.9. The minimum atomic E-state index is -1.46. The van der Waals surface area contributed by atoms with Gasteiger partial charge >= 0.3 is 0 Å². The molecule has 0 saturated carbocycles. The van der Waals surface area contributed by atoms with Crippen LogP contribution in [0.3, 0.4) is 0 Å². The molecule has 0 radical (unpaired) electrons. The molecule has 7 nitrogen and oxygen atoms in total. The maximum absolute atomic E-state index is 12.8. The fourth-order valence-electron chi connectivity index (χ4n) is 3.87. The maximum Gasteiger partial charge on any atom is 0.273 e. The molecular weight excluding hydrogens is 336 g/mol.